The standard InChI is InChI=1S/C18H22N2O5/c1-4-8-25-15-9-12(6-7-14(15)23-3)18-19-13(10-16(21)20-18)11-17(22)24-5-2/h6-7,9-10H,4-5,8,11H2,1-3H3,(H,19,20,21). The summed E-state index contributed by atoms with van der Waals surface area (Å²) in [6.45, 7) is 4.57. The molecule has 134 valence electrons. The number of hydrogen-bond donors (Lipinski definition) is 1. The van der Waals surface area contributed by atoms with Crippen molar-refractivity contribution >= 4 is 5.97 Å². The largest absolute Gasteiger partial charge is 0.493 e. The molecular weight excluding hydrogens is 324 g/mol. The number of H-pyrrole nitrogens is 1. The van der Waals surface area contributed by atoms with E-state index in [4.69, 9.17) is 14.2 Å². The normalized spacial score (nSPS) is 10.4. The summed E-state index contributed by atoms with van der Waals surface area (Å²) in [5.74, 6) is 1.10. The highest BCUT2D eigenvalue weighted by Gasteiger charge is 2.12. The number of benzene rings is 1. The molecule has 0 saturated heterocycles. The maximum atomic E-state index is 11.9. The molecule has 0 fully saturated rings. The molecule has 0 unspecified atom stereocenters. The number of carbonyl (C=O) groups is 1. The van der Waals surface area contributed by atoms with Crippen molar-refractivity contribution in [2.75, 3.05) is 20.3 Å². The van der Waals surface area contributed by atoms with Crippen molar-refractivity contribution in [2.45, 2.75) is 26.7 Å². The average Bonchev–Trinajstić information content (AvgIpc) is 2.59. The van der Waals surface area contributed by atoms with E-state index in [1.54, 1.807) is 32.2 Å². The van der Waals surface area contributed by atoms with Gasteiger partial charge in [0.2, 0.25) is 0 Å². The molecule has 1 N–H and O–H groups in total. The predicted octanol–water partition coefficient (Wildman–Crippen LogP) is 2.34. The van der Waals surface area contributed by atoms with Crippen molar-refractivity contribution in [3.63, 3.8) is 0 Å². The Labute approximate surface area is 146 Å². The molecule has 1 aromatic carbocycles. The van der Waals surface area contributed by atoms with E-state index in [2.05, 4.69) is 9.97 Å². The molecular formula is C18H22N2O5. The maximum Gasteiger partial charge on any atom is 0.311 e. The monoisotopic (exact) mass is 346 g/mol. The second-order valence-electron chi connectivity index (χ2n) is 5.28. The Kier molecular flexibility index (Phi) is 6.56. The van der Waals surface area contributed by atoms with E-state index >= 15 is 0 Å². The Morgan fingerprint density at radius 2 is 2.00 bits per heavy atom. The van der Waals surface area contributed by atoms with Gasteiger partial charge in [-0.1, -0.05) is 6.92 Å². The van der Waals surface area contributed by atoms with Gasteiger partial charge in [0.1, 0.15) is 5.82 Å². The van der Waals surface area contributed by atoms with Crippen LogP contribution < -0.4 is 15.0 Å². The lowest BCUT2D eigenvalue weighted by molar-refractivity contribution is -0.142. The molecule has 0 aliphatic rings. The van der Waals surface area contributed by atoms with Crippen molar-refractivity contribution in [1.82, 2.24) is 9.97 Å². The van der Waals surface area contributed by atoms with Crippen LogP contribution in [0.15, 0.2) is 29.1 Å². The van der Waals surface area contributed by atoms with E-state index in [1.165, 1.54) is 6.07 Å². The fraction of sp³-hybridized carbons (Fsp3) is 0.389. The van der Waals surface area contributed by atoms with Crippen LogP contribution in [0.1, 0.15) is 26.0 Å². The van der Waals surface area contributed by atoms with Crippen molar-refractivity contribution in [2.24, 2.45) is 0 Å². The van der Waals surface area contributed by atoms with Crippen LogP contribution in [0, 0.1) is 0 Å². The smallest absolute Gasteiger partial charge is 0.311 e. The van der Waals surface area contributed by atoms with Gasteiger partial charge in [0.15, 0.2) is 11.5 Å². The zero-order valence-corrected chi connectivity index (χ0v) is 14.6. The van der Waals surface area contributed by atoms with Gasteiger partial charge in [0, 0.05) is 11.6 Å². The third-order valence-electron chi connectivity index (χ3n) is 3.32. The van der Waals surface area contributed by atoms with Gasteiger partial charge in [-0.2, -0.15) is 0 Å². The number of rotatable bonds is 8. The van der Waals surface area contributed by atoms with E-state index in [-0.39, 0.29) is 18.6 Å². The van der Waals surface area contributed by atoms with Gasteiger partial charge in [-0.3, -0.25) is 9.59 Å². The van der Waals surface area contributed by atoms with Gasteiger partial charge in [-0.15, -0.1) is 0 Å². The first-order valence-electron chi connectivity index (χ1n) is 8.14. The fourth-order valence-corrected chi connectivity index (χ4v) is 2.24. The summed E-state index contributed by atoms with van der Waals surface area (Å²) < 4.78 is 15.9. The van der Waals surface area contributed by atoms with E-state index in [9.17, 15) is 9.59 Å². The molecule has 2 rings (SSSR count). The second kappa shape index (κ2) is 8.86. The number of nitrogens with one attached hydrogen (secondary N) is 1. The van der Waals surface area contributed by atoms with Gasteiger partial charge in [-0.25, -0.2) is 4.98 Å². The van der Waals surface area contributed by atoms with Crippen molar-refractivity contribution in [3.8, 4) is 22.9 Å². The molecule has 25 heavy (non-hydrogen) atoms. The zero-order valence-electron chi connectivity index (χ0n) is 14.6. The van der Waals surface area contributed by atoms with Crippen LogP contribution in [0.5, 0.6) is 11.5 Å². The molecule has 0 aliphatic heterocycles. The molecule has 0 radical (unpaired) electrons. The van der Waals surface area contributed by atoms with Gasteiger partial charge in [0.05, 0.1) is 32.4 Å². The molecule has 0 aliphatic carbocycles. The van der Waals surface area contributed by atoms with Crippen LogP contribution in [0.25, 0.3) is 11.4 Å². The Balaban J connectivity index is 2.35. The summed E-state index contributed by atoms with van der Waals surface area (Å²) in [5, 5.41) is 0. The number of aromatic amines is 1. The van der Waals surface area contributed by atoms with Crippen LogP contribution in [-0.2, 0) is 16.0 Å². The second-order valence-corrected chi connectivity index (χ2v) is 5.28. The first-order chi connectivity index (χ1) is 12.1. The molecule has 2 aromatic rings. The third kappa shape index (κ3) is 5.07. The minimum absolute atomic E-state index is 0.0554. The number of hydrogen-bond acceptors (Lipinski definition) is 6. The highest BCUT2D eigenvalue weighted by atomic mass is 16.5. The zero-order chi connectivity index (χ0) is 18.2. The average molecular weight is 346 g/mol. The summed E-state index contributed by atoms with van der Waals surface area (Å²) in [6.07, 6.45) is 0.803. The van der Waals surface area contributed by atoms with Crippen molar-refractivity contribution in [3.05, 3.63) is 40.3 Å². The van der Waals surface area contributed by atoms with Gasteiger partial charge < -0.3 is 19.2 Å². The van der Waals surface area contributed by atoms with Gasteiger partial charge >= 0.3 is 5.97 Å². The lowest BCUT2D eigenvalue weighted by Crippen LogP contribution is -2.15. The van der Waals surface area contributed by atoms with Crippen LogP contribution >= 0.6 is 0 Å². The van der Waals surface area contributed by atoms with Crippen LogP contribution in [-0.4, -0.2) is 36.3 Å². The number of nitrogens with zero attached hydrogens (tertiary/aromatic N) is 1. The van der Waals surface area contributed by atoms with Crippen LogP contribution in [0.2, 0.25) is 0 Å². The summed E-state index contributed by atoms with van der Waals surface area (Å²) in [6, 6.07) is 6.56. The highest BCUT2D eigenvalue weighted by Crippen LogP contribution is 2.31. The molecule has 0 atom stereocenters. The Morgan fingerprint density at radius 3 is 2.68 bits per heavy atom. The molecule has 0 saturated carbocycles. The minimum atomic E-state index is -0.423. The molecule has 0 bridgehead atoms. The Bertz CT molecular complexity index is 785. The molecule has 1 heterocycles. The van der Waals surface area contributed by atoms with E-state index in [1.807, 2.05) is 6.92 Å². The van der Waals surface area contributed by atoms with E-state index < -0.39 is 5.97 Å². The number of esters is 1. The lowest BCUT2D eigenvalue weighted by atomic mass is 10.1. The Morgan fingerprint density at radius 1 is 1.20 bits per heavy atom. The number of carbonyl (C=O) groups excluding carboxylic acids is 1. The lowest BCUT2D eigenvalue weighted by Gasteiger charge is -2.12. The van der Waals surface area contributed by atoms with Crippen LogP contribution in [0.4, 0.5) is 0 Å². The molecule has 7 heteroatoms. The first kappa shape index (κ1) is 18.5. The molecule has 0 spiro atoms. The number of aromatic nitrogens is 2. The quantitative estimate of drug-likeness (QED) is 0.738. The Hall–Kier alpha value is -2.83. The van der Waals surface area contributed by atoms with Crippen molar-refractivity contribution < 1.29 is 19.0 Å². The summed E-state index contributed by atoms with van der Waals surface area (Å²) >= 11 is 0. The third-order valence-corrected chi connectivity index (χ3v) is 3.32. The van der Waals surface area contributed by atoms with Crippen LogP contribution in [0.3, 0.4) is 0 Å². The molecule has 0 amide bonds. The summed E-state index contributed by atoms with van der Waals surface area (Å²) in [5.41, 5.74) is 0.676. The summed E-state index contributed by atoms with van der Waals surface area (Å²) in [4.78, 5) is 30.5. The van der Waals surface area contributed by atoms with Crippen molar-refractivity contribution in [1.29, 1.82) is 0 Å². The maximum absolute atomic E-state index is 11.9. The topological polar surface area (TPSA) is 90.5 Å². The predicted molar refractivity (Wildman–Crippen MR) is 93.0 cm³/mol. The fourth-order valence-electron chi connectivity index (χ4n) is 2.24. The highest BCUT2D eigenvalue weighted by molar-refractivity contribution is 5.72. The van der Waals surface area contributed by atoms with Gasteiger partial charge in [-0.05, 0) is 31.5 Å². The molecule has 1 aromatic heterocycles. The minimum Gasteiger partial charge on any atom is -0.493 e. The SMILES string of the molecule is CCCOc1cc(-c2nc(CC(=O)OCC)cc(=O)[nH]2)ccc1OC. The number of methoxy groups -OCH3 is 1. The molecule has 7 nitrogen and oxygen atoms in total. The first-order valence-corrected chi connectivity index (χ1v) is 8.14. The van der Waals surface area contributed by atoms with Gasteiger partial charge in [0.25, 0.3) is 5.56 Å². The van der Waals surface area contributed by atoms with E-state index in [0.717, 1.165) is 6.42 Å². The summed E-state index contributed by atoms with van der Waals surface area (Å²) in [7, 11) is 1.56. The number of ether oxygens (including phenoxy) is 3. The van der Waals surface area contributed by atoms with E-state index in [0.29, 0.717) is 35.2 Å².